The van der Waals surface area contributed by atoms with Gasteiger partial charge in [-0.05, 0) is 97.8 Å². The molecule has 25 unspecified atom stereocenters. The fourth-order valence-corrected chi connectivity index (χ4v) is 14.4. The van der Waals surface area contributed by atoms with Crippen molar-refractivity contribution < 1.29 is 102 Å². The number of carbonyl (C=O) groups excluding carboxylic acids is 2. The number of Topliss-reactive ketones (excluding diaryl/α,β-unsaturated/α-hetero) is 1. The van der Waals surface area contributed by atoms with Gasteiger partial charge in [-0.1, -0.05) is 38.0 Å². The van der Waals surface area contributed by atoms with Crippen molar-refractivity contribution in [2.24, 2.45) is 22.7 Å². The first kappa shape index (κ1) is 60.0. The van der Waals surface area contributed by atoms with E-state index >= 15 is 0 Å². The molecule has 0 aromatic rings. The molecule has 0 aromatic heterocycles. The van der Waals surface area contributed by atoms with Gasteiger partial charge in [0.25, 0.3) is 0 Å². The third-order valence-corrected chi connectivity index (χ3v) is 19.5. The number of carbonyl (C=O) groups is 2. The van der Waals surface area contributed by atoms with Crippen LogP contribution in [-0.2, 0) is 66.4 Å². The van der Waals surface area contributed by atoms with Crippen LogP contribution in [-0.4, -0.2) is 209 Å². The van der Waals surface area contributed by atoms with E-state index in [0.29, 0.717) is 32.1 Å². The quantitative estimate of drug-likeness (QED) is 0.0664. The SMILES string of the molecule is COC1CC(OC2CCC3(C)C(=CCC4(O)C3CC(OC(=O)C=C(C)C(C)C)C3(C)C(O)(C(C)=O)CCC43O)C2)OC(C)C1OC1CC(OC)C(OC2CC(OC)C(OC3OC(CO)C(O)C(O)C3O)C(C)O2)C(C)O1. The summed E-state index contributed by atoms with van der Waals surface area (Å²) in [6.07, 6.45) is -9.62. The fraction of sp³-hybridized carbons (Fsp3) is 0.891. The Hall–Kier alpha value is -2.10. The molecular formula is C55H88O21. The molecule has 0 bridgehead atoms. The summed E-state index contributed by atoms with van der Waals surface area (Å²) in [6.45, 7) is 15.7. The Morgan fingerprint density at radius 3 is 1.75 bits per heavy atom. The van der Waals surface area contributed by atoms with Gasteiger partial charge in [-0.15, -0.1) is 0 Å². The molecule has 76 heavy (non-hydrogen) atoms. The smallest absolute Gasteiger partial charge is 0.330 e. The van der Waals surface area contributed by atoms with Crippen molar-refractivity contribution >= 4 is 11.8 Å². The summed E-state index contributed by atoms with van der Waals surface area (Å²) in [5.74, 6) is -1.66. The van der Waals surface area contributed by atoms with Gasteiger partial charge in [0, 0.05) is 52.6 Å². The van der Waals surface area contributed by atoms with E-state index < -0.39 is 163 Å². The number of ether oxygens (including phenoxy) is 12. The first-order chi connectivity index (χ1) is 35.7. The Morgan fingerprint density at radius 1 is 0.724 bits per heavy atom. The maximum absolute atomic E-state index is 13.6. The molecule has 8 aliphatic rings. The maximum atomic E-state index is 13.6. The van der Waals surface area contributed by atoms with Gasteiger partial charge in [0.2, 0.25) is 0 Å². The normalized spacial score (nSPS) is 49.8. The van der Waals surface area contributed by atoms with E-state index in [9.17, 15) is 45.3 Å². The van der Waals surface area contributed by atoms with Crippen LogP contribution >= 0.6 is 0 Å². The zero-order valence-corrected chi connectivity index (χ0v) is 46.4. The van der Waals surface area contributed by atoms with Crippen LogP contribution in [0.2, 0.25) is 0 Å². The molecule has 21 nitrogen and oxygen atoms in total. The number of ketones is 1. The molecule has 4 heterocycles. The van der Waals surface area contributed by atoms with Crippen molar-refractivity contribution in [1.29, 1.82) is 0 Å². The van der Waals surface area contributed by atoms with Crippen molar-refractivity contribution in [1.82, 2.24) is 0 Å². The van der Waals surface area contributed by atoms with Crippen molar-refractivity contribution in [3.8, 4) is 0 Å². The Balaban J connectivity index is 0.878. The predicted octanol–water partition coefficient (Wildman–Crippen LogP) is 2.41. The van der Waals surface area contributed by atoms with E-state index in [4.69, 9.17) is 56.8 Å². The number of aliphatic hydroxyl groups is 7. The summed E-state index contributed by atoms with van der Waals surface area (Å²) in [7, 11) is 4.72. The van der Waals surface area contributed by atoms with Gasteiger partial charge >= 0.3 is 5.97 Å². The summed E-state index contributed by atoms with van der Waals surface area (Å²) in [5.41, 5.74) is -6.21. The van der Waals surface area contributed by atoms with Gasteiger partial charge in [-0.3, -0.25) is 4.79 Å². The number of methoxy groups -OCH3 is 3. The van der Waals surface area contributed by atoms with E-state index in [-0.39, 0.29) is 44.1 Å². The molecule has 3 saturated carbocycles. The van der Waals surface area contributed by atoms with Crippen molar-refractivity contribution in [3.63, 3.8) is 0 Å². The van der Waals surface area contributed by atoms with Gasteiger partial charge in [0.1, 0.15) is 65.6 Å². The summed E-state index contributed by atoms with van der Waals surface area (Å²) in [6, 6.07) is 0. The van der Waals surface area contributed by atoms with Crippen LogP contribution in [0.3, 0.4) is 0 Å². The zero-order chi connectivity index (χ0) is 55.6. The second-order valence-corrected chi connectivity index (χ2v) is 23.9. The number of hydrogen-bond acceptors (Lipinski definition) is 21. The van der Waals surface area contributed by atoms with Crippen LogP contribution < -0.4 is 0 Å². The van der Waals surface area contributed by atoms with Gasteiger partial charge in [-0.25, -0.2) is 4.79 Å². The number of rotatable bonds is 16. The van der Waals surface area contributed by atoms with Gasteiger partial charge in [0.15, 0.2) is 30.9 Å². The molecule has 25 atom stereocenters. The van der Waals surface area contributed by atoms with Gasteiger partial charge < -0.3 is 92.6 Å². The molecule has 7 N–H and O–H groups in total. The molecule has 7 fully saturated rings. The van der Waals surface area contributed by atoms with Crippen LogP contribution in [0.1, 0.15) is 127 Å². The molecule has 0 amide bonds. The number of fused-ring (bicyclic) bond motifs is 5. The Bertz CT molecular complexity index is 2110. The lowest BCUT2D eigenvalue weighted by Gasteiger charge is -2.67. The van der Waals surface area contributed by atoms with E-state index in [1.165, 1.54) is 20.1 Å². The van der Waals surface area contributed by atoms with Gasteiger partial charge in [-0.2, -0.15) is 0 Å². The Labute approximate surface area is 446 Å². The minimum absolute atomic E-state index is 0.0476. The molecule has 0 radical (unpaired) electrons. The second-order valence-electron chi connectivity index (χ2n) is 23.9. The topological polar surface area (TPSA) is 287 Å². The van der Waals surface area contributed by atoms with E-state index in [0.717, 1.165) is 11.1 Å². The standard InChI is InChI=1S/C55H88O21/c1-26(2)27(3)19-40(58)73-39-24-38-51(8)15-14-33(20-32(51)13-16-54(38,63)55(64)18-17-53(62,31(7)57)52(39,55)9)71-41-21-34(65-10)47(28(4)68-41)74-42-22-35(66-11)48(29(5)69-42)75-43-23-36(67-12)49(30(6)70-43)76-50-46(61)45(60)44(59)37(25-56)72-50/h13,19,26,28-30,33-39,41-50,56,59-64H,14-18,20-25H2,1-12H3. The summed E-state index contributed by atoms with van der Waals surface area (Å²) in [4.78, 5) is 26.9. The highest BCUT2D eigenvalue weighted by Crippen LogP contribution is 2.71. The van der Waals surface area contributed by atoms with Crippen molar-refractivity contribution in [2.45, 2.75) is 260 Å². The average molecular weight is 1090 g/mol. The maximum Gasteiger partial charge on any atom is 0.330 e. The lowest BCUT2D eigenvalue weighted by atomic mass is 9.42. The van der Waals surface area contributed by atoms with Crippen LogP contribution in [0.5, 0.6) is 0 Å². The van der Waals surface area contributed by atoms with Crippen LogP contribution in [0.25, 0.3) is 0 Å². The lowest BCUT2D eigenvalue weighted by Crippen LogP contribution is -2.78. The highest BCUT2D eigenvalue weighted by Gasteiger charge is 2.81. The lowest BCUT2D eigenvalue weighted by molar-refractivity contribution is -0.357. The third-order valence-electron chi connectivity index (χ3n) is 19.5. The molecule has 0 aromatic carbocycles. The highest BCUT2D eigenvalue weighted by atomic mass is 16.8. The first-order valence-corrected chi connectivity index (χ1v) is 27.5. The van der Waals surface area contributed by atoms with Crippen molar-refractivity contribution in [3.05, 3.63) is 23.3 Å². The summed E-state index contributed by atoms with van der Waals surface area (Å²) < 4.78 is 74.8. The fourth-order valence-electron chi connectivity index (χ4n) is 14.4. The molecule has 4 saturated heterocycles. The molecule has 8 rings (SSSR count). The Kier molecular flexibility index (Phi) is 18.2. The zero-order valence-electron chi connectivity index (χ0n) is 46.4. The van der Waals surface area contributed by atoms with Crippen molar-refractivity contribution in [2.75, 3.05) is 27.9 Å². The molecule has 4 aliphatic carbocycles. The number of allylic oxidation sites excluding steroid dienone is 1. The number of esters is 1. The first-order valence-electron chi connectivity index (χ1n) is 27.5. The average Bonchev–Trinajstić information content (AvgIpc) is 3.87. The highest BCUT2D eigenvalue weighted by molar-refractivity contribution is 5.87. The molecule has 4 aliphatic heterocycles. The molecule has 0 spiro atoms. The monoisotopic (exact) mass is 1080 g/mol. The van der Waals surface area contributed by atoms with Crippen LogP contribution in [0.15, 0.2) is 23.3 Å². The van der Waals surface area contributed by atoms with E-state index in [2.05, 4.69) is 6.92 Å². The number of hydrogen-bond donors (Lipinski definition) is 7. The minimum atomic E-state index is -2.04. The summed E-state index contributed by atoms with van der Waals surface area (Å²) in [5, 5.41) is 78.8. The molecular weight excluding hydrogens is 997 g/mol. The van der Waals surface area contributed by atoms with Crippen LogP contribution in [0.4, 0.5) is 0 Å². The third kappa shape index (κ3) is 10.5. The minimum Gasteiger partial charge on any atom is -0.458 e. The van der Waals surface area contributed by atoms with Crippen LogP contribution in [0, 0.1) is 22.7 Å². The largest absolute Gasteiger partial charge is 0.458 e. The van der Waals surface area contributed by atoms with Gasteiger partial charge in [0.05, 0.1) is 54.7 Å². The molecule has 21 heteroatoms. The second kappa shape index (κ2) is 23.0. The Morgan fingerprint density at radius 2 is 1.25 bits per heavy atom. The van der Waals surface area contributed by atoms with E-state index in [1.807, 2.05) is 40.7 Å². The molecule has 434 valence electrons. The predicted molar refractivity (Wildman–Crippen MR) is 267 cm³/mol. The summed E-state index contributed by atoms with van der Waals surface area (Å²) >= 11 is 0. The number of aliphatic hydroxyl groups excluding tert-OH is 4. The van der Waals surface area contributed by atoms with E-state index in [1.54, 1.807) is 28.1 Å².